The molecule has 0 atom stereocenters. The highest BCUT2D eigenvalue weighted by atomic mass is 16.3. The highest BCUT2D eigenvalue weighted by molar-refractivity contribution is 6.33. The van der Waals surface area contributed by atoms with Crippen molar-refractivity contribution in [3.05, 3.63) is 224 Å². The van der Waals surface area contributed by atoms with Crippen LogP contribution in [0.25, 0.3) is 88.0 Å². The second-order valence-corrected chi connectivity index (χ2v) is 14.8. The SMILES string of the molecule is c1ccc(-c2ccc(-c3ccc(N(c4ccc(-c5ccccc5)cc4)c4ccc(-c5ccccc5)c5c4oc4c6ccccc6c6ccccc6c45)cc3)cc2)cc1. The Balaban J connectivity index is 1.13. The molecule has 0 aliphatic rings. The van der Waals surface area contributed by atoms with E-state index in [0.29, 0.717) is 0 Å². The van der Waals surface area contributed by atoms with Crippen LogP contribution < -0.4 is 4.90 Å². The summed E-state index contributed by atoms with van der Waals surface area (Å²) in [7, 11) is 0. The van der Waals surface area contributed by atoms with Crippen LogP contribution in [0.2, 0.25) is 0 Å². The lowest BCUT2D eigenvalue weighted by Gasteiger charge is -2.26. The van der Waals surface area contributed by atoms with Crippen LogP contribution in [-0.2, 0) is 0 Å². The lowest BCUT2D eigenvalue weighted by Crippen LogP contribution is -2.10. The Morgan fingerprint density at radius 2 is 0.638 bits per heavy atom. The second-order valence-electron chi connectivity index (χ2n) is 14.8. The minimum Gasteiger partial charge on any atom is -0.453 e. The minimum atomic E-state index is 0.852. The second kappa shape index (κ2) is 14.1. The van der Waals surface area contributed by atoms with Gasteiger partial charge in [0.25, 0.3) is 0 Å². The maximum absolute atomic E-state index is 7.28. The number of anilines is 3. The molecule has 0 aliphatic heterocycles. The number of benzene rings is 10. The van der Waals surface area contributed by atoms with Gasteiger partial charge in [0.05, 0.1) is 5.69 Å². The van der Waals surface area contributed by atoms with Gasteiger partial charge in [-0.3, -0.25) is 0 Å². The van der Waals surface area contributed by atoms with Gasteiger partial charge in [-0.2, -0.15) is 0 Å². The number of hydrogen-bond donors (Lipinski definition) is 0. The van der Waals surface area contributed by atoms with Crippen molar-refractivity contribution in [2.45, 2.75) is 0 Å². The number of rotatable bonds is 7. The smallest absolute Gasteiger partial charge is 0.160 e. The van der Waals surface area contributed by atoms with Crippen LogP contribution in [0.1, 0.15) is 0 Å². The van der Waals surface area contributed by atoms with E-state index in [1.54, 1.807) is 0 Å². The zero-order valence-electron chi connectivity index (χ0n) is 31.7. The summed E-state index contributed by atoms with van der Waals surface area (Å²) in [4.78, 5) is 2.35. The van der Waals surface area contributed by atoms with E-state index in [2.05, 4.69) is 229 Å². The molecule has 0 radical (unpaired) electrons. The van der Waals surface area contributed by atoms with E-state index in [1.807, 2.05) is 0 Å². The molecule has 2 nitrogen and oxygen atoms in total. The summed E-state index contributed by atoms with van der Waals surface area (Å²) < 4.78 is 7.28. The van der Waals surface area contributed by atoms with Crippen molar-refractivity contribution < 1.29 is 4.42 Å². The Morgan fingerprint density at radius 3 is 1.14 bits per heavy atom. The van der Waals surface area contributed by atoms with E-state index < -0.39 is 0 Å². The molecule has 11 aromatic rings. The first-order chi connectivity index (χ1) is 28.8. The molecule has 2 heteroatoms. The summed E-state index contributed by atoms with van der Waals surface area (Å²) in [6.07, 6.45) is 0. The first kappa shape index (κ1) is 33.6. The molecular weight excluding hydrogens is 703 g/mol. The molecule has 0 saturated heterocycles. The van der Waals surface area contributed by atoms with E-state index in [1.165, 1.54) is 44.0 Å². The Labute approximate surface area is 337 Å². The number of nitrogens with zero attached hydrogens (tertiary/aromatic N) is 1. The van der Waals surface area contributed by atoms with Gasteiger partial charge in [-0.1, -0.05) is 194 Å². The van der Waals surface area contributed by atoms with Crippen molar-refractivity contribution in [1.82, 2.24) is 0 Å². The normalized spacial score (nSPS) is 11.4. The predicted octanol–water partition coefficient (Wildman–Crippen LogP) is 16.0. The molecule has 1 heterocycles. The first-order valence-electron chi connectivity index (χ1n) is 19.8. The molecule has 272 valence electrons. The van der Waals surface area contributed by atoms with E-state index in [0.717, 1.165) is 61.1 Å². The van der Waals surface area contributed by atoms with Crippen LogP contribution in [0.4, 0.5) is 17.1 Å². The number of furan rings is 1. The third-order valence-electron chi connectivity index (χ3n) is 11.5. The summed E-state index contributed by atoms with van der Waals surface area (Å²) >= 11 is 0. The topological polar surface area (TPSA) is 16.4 Å². The third kappa shape index (κ3) is 5.74. The molecule has 11 rings (SSSR count). The van der Waals surface area contributed by atoms with Gasteiger partial charge in [0, 0.05) is 27.5 Å². The number of hydrogen-bond acceptors (Lipinski definition) is 2. The molecule has 0 fully saturated rings. The van der Waals surface area contributed by atoms with Crippen molar-refractivity contribution in [2.24, 2.45) is 0 Å². The van der Waals surface area contributed by atoms with Crippen LogP contribution in [0.3, 0.4) is 0 Å². The van der Waals surface area contributed by atoms with Crippen molar-refractivity contribution in [1.29, 1.82) is 0 Å². The largest absolute Gasteiger partial charge is 0.453 e. The molecule has 0 unspecified atom stereocenters. The predicted molar refractivity (Wildman–Crippen MR) is 245 cm³/mol. The van der Waals surface area contributed by atoms with Gasteiger partial charge in [0.15, 0.2) is 5.58 Å². The van der Waals surface area contributed by atoms with E-state index in [-0.39, 0.29) is 0 Å². The molecule has 0 aliphatic carbocycles. The zero-order valence-corrected chi connectivity index (χ0v) is 31.7. The summed E-state index contributed by atoms with van der Waals surface area (Å²) in [6, 6.07) is 80.3. The van der Waals surface area contributed by atoms with Gasteiger partial charge in [-0.15, -0.1) is 0 Å². The maximum Gasteiger partial charge on any atom is 0.160 e. The zero-order chi connectivity index (χ0) is 38.4. The quantitative estimate of drug-likeness (QED) is 0.151. The lowest BCUT2D eigenvalue weighted by molar-refractivity contribution is 0.673. The highest BCUT2D eigenvalue weighted by Crippen LogP contribution is 2.49. The molecule has 0 bridgehead atoms. The van der Waals surface area contributed by atoms with E-state index >= 15 is 0 Å². The number of fused-ring (bicyclic) bond motifs is 8. The minimum absolute atomic E-state index is 0.852. The van der Waals surface area contributed by atoms with Gasteiger partial charge in [-0.25, -0.2) is 0 Å². The maximum atomic E-state index is 7.28. The average molecular weight is 740 g/mol. The van der Waals surface area contributed by atoms with Crippen LogP contribution in [-0.4, -0.2) is 0 Å². The molecule has 0 saturated carbocycles. The van der Waals surface area contributed by atoms with Gasteiger partial charge in [0.1, 0.15) is 5.58 Å². The van der Waals surface area contributed by atoms with Crippen LogP contribution >= 0.6 is 0 Å². The lowest BCUT2D eigenvalue weighted by atomic mass is 9.93. The Morgan fingerprint density at radius 1 is 0.259 bits per heavy atom. The summed E-state index contributed by atoms with van der Waals surface area (Å²) in [5.41, 5.74) is 14.2. The highest BCUT2D eigenvalue weighted by Gasteiger charge is 2.25. The molecule has 58 heavy (non-hydrogen) atoms. The van der Waals surface area contributed by atoms with Crippen molar-refractivity contribution in [2.75, 3.05) is 4.90 Å². The van der Waals surface area contributed by atoms with E-state index in [4.69, 9.17) is 4.42 Å². The van der Waals surface area contributed by atoms with Crippen LogP contribution in [0, 0.1) is 0 Å². The van der Waals surface area contributed by atoms with Crippen molar-refractivity contribution in [3.8, 4) is 44.5 Å². The van der Waals surface area contributed by atoms with Gasteiger partial charge >= 0.3 is 0 Å². The Hall–Kier alpha value is -7.68. The molecule has 10 aromatic carbocycles. The van der Waals surface area contributed by atoms with Gasteiger partial charge in [-0.05, 0) is 91.0 Å². The third-order valence-corrected chi connectivity index (χ3v) is 11.5. The monoisotopic (exact) mass is 739 g/mol. The molecule has 1 aromatic heterocycles. The standard InChI is InChI=1S/C56H37NO/c1-4-14-38(15-5-1)40-24-26-41(27-25-40)43-30-34-46(35-31-43)57(45-32-28-42(29-33-45)39-16-6-2-7-17-39)52-37-36-47(44-18-8-3-9-19-44)53-54-50-22-12-10-20-48(50)49-21-11-13-23-51(49)55(54)58-56(52)53/h1-37H. The molecule has 0 amide bonds. The van der Waals surface area contributed by atoms with Crippen LogP contribution in [0.5, 0.6) is 0 Å². The van der Waals surface area contributed by atoms with Gasteiger partial charge in [0.2, 0.25) is 0 Å². The van der Waals surface area contributed by atoms with E-state index in [9.17, 15) is 0 Å². The summed E-state index contributed by atoms with van der Waals surface area (Å²) in [6.45, 7) is 0. The van der Waals surface area contributed by atoms with Crippen LogP contribution in [0.15, 0.2) is 229 Å². The average Bonchev–Trinajstić information content (AvgIpc) is 3.72. The Bertz CT molecular complexity index is 3220. The fourth-order valence-electron chi connectivity index (χ4n) is 8.67. The first-order valence-corrected chi connectivity index (χ1v) is 19.8. The molecular formula is C56H37NO. The summed E-state index contributed by atoms with van der Waals surface area (Å²) in [5.74, 6) is 0. The fourth-order valence-corrected chi connectivity index (χ4v) is 8.67. The van der Waals surface area contributed by atoms with Crippen molar-refractivity contribution >= 4 is 60.5 Å². The summed E-state index contributed by atoms with van der Waals surface area (Å²) in [5, 5.41) is 6.96. The molecule has 0 spiro atoms. The van der Waals surface area contributed by atoms with Gasteiger partial charge < -0.3 is 9.32 Å². The Kier molecular flexibility index (Phi) is 8.19. The fraction of sp³-hybridized carbons (Fsp3) is 0. The molecule has 0 N–H and O–H groups in total. The van der Waals surface area contributed by atoms with Crippen molar-refractivity contribution in [3.63, 3.8) is 0 Å².